The number of aromatic nitrogens is 4. The van der Waals surface area contributed by atoms with Gasteiger partial charge in [-0.3, -0.25) is 10.1 Å². The Hall–Kier alpha value is -10.1. The second kappa shape index (κ2) is 22.5. The lowest BCUT2D eigenvalue weighted by Gasteiger charge is -2.37. The van der Waals surface area contributed by atoms with Crippen molar-refractivity contribution in [3.63, 3.8) is 0 Å². The molecule has 80 heavy (non-hydrogen) atoms. The van der Waals surface area contributed by atoms with Crippen molar-refractivity contribution in [1.82, 2.24) is 19.6 Å². The molecule has 0 fully saturated rings. The summed E-state index contributed by atoms with van der Waals surface area (Å²) in [5, 5.41) is 24.3. The Balaban J connectivity index is 0.000000169. The van der Waals surface area contributed by atoms with E-state index in [0.717, 1.165) is 78.1 Å². The van der Waals surface area contributed by atoms with E-state index in [1.807, 2.05) is 142 Å². The third kappa shape index (κ3) is 9.83. The fourth-order valence-corrected chi connectivity index (χ4v) is 11.0. The van der Waals surface area contributed by atoms with Crippen molar-refractivity contribution in [2.24, 2.45) is 0 Å². The lowest BCUT2D eigenvalue weighted by atomic mass is 9.77. The van der Waals surface area contributed by atoms with E-state index in [1.165, 1.54) is 0 Å². The molecule has 394 valence electrons. The minimum atomic E-state index is -0.864. The Morgan fingerprint density at radius 3 is 1.01 bits per heavy atom. The molecule has 2 heterocycles. The molecule has 10 heteroatoms. The number of hydrogen-bond acceptors (Lipinski definition) is 7. The molecule has 0 saturated heterocycles. The zero-order valence-corrected chi connectivity index (χ0v) is 45.0. The number of fused-ring (bicyclic) bond motifs is 2. The van der Waals surface area contributed by atoms with Crippen LogP contribution in [0.3, 0.4) is 0 Å². The predicted octanol–water partition coefficient (Wildman–Crippen LogP) is 16.2. The first-order valence-electron chi connectivity index (χ1n) is 26.9. The molecule has 0 bridgehead atoms. The highest BCUT2D eigenvalue weighted by Crippen LogP contribution is 2.46. The second-order valence-corrected chi connectivity index (χ2v) is 20.3. The van der Waals surface area contributed by atoms with Crippen LogP contribution >= 0.6 is 0 Å². The van der Waals surface area contributed by atoms with Gasteiger partial charge in [-0.25, -0.2) is 9.36 Å². The van der Waals surface area contributed by atoms with Gasteiger partial charge in [0.2, 0.25) is 0 Å². The van der Waals surface area contributed by atoms with Crippen LogP contribution in [0.25, 0.3) is 44.3 Å². The van der Waals surface area contributed by atoms with Crippen molar-refractivity contribution in [2.75, 3.05) is 5.73 Å². The summed E-state index contributed by atoms with van der Waals surface area (Å²) >= 11 is 0. The number of nitro groups is 1. The predicted molar refractivity (Wildman–Crippen MR) is 322 cm³/mol. The van der Waals surface area contributed by atoms with Gasteiger partial charge in [-0.15, -0.1) is 0 Å². The maximum atomic E-state index is 11.9. The van der Waals surface area contributed by atoms with Crippen LogP contribution in [0, 0.1) is 10.1 Å². The maximum absolute atomic E-state index is 11.9. The molecule has 0 amide bonds. The van der Waals surface area contributed by atoms with E-state index in [2.05, 4.69) is 150 Å². The van der Waals surface area contributed by atoms with Crippen LogP contribution in [0.15, 0.2) is 267 Å². The van der Waals surface area contributed by atoms with Crippen LogP contribution in [0.2, 0.25) is 0 Å². The molecule has 10 nitrogen and oxygen atoms in total. The summed E-state index contributed by atoms with van der Waals surface area (Å²) in [7, 11) is 0. The topological polar surface area (TPSA) is 123 Å². The molecule has 12 aromatic rings. The summed E-state index contributed by atoms with van der Waals surface area (Å²) in [5.41, 5.74) is 17.1. The van der Waals surface area contributed by atoms with Crippen molar-refractivity contribution in [1.29, 1.82) is 0 Å². The Kier molecular flexibility index (Phi) is 14.6. The molecule has 2 N–H and O–H groups in total. The smallest absolute Gasteiger partial charge is 0.270 e. The van der Waals surface area contributed by atoms with Crippen LogP contribution in [-0.4, -0.2) is 36.7 Å². The number of benzene rings is 10. The minimum Gasteiger partial charge on any atom is -0.491 e. The number of nitrogen functional groups attached to an aromatic ring is 1. The van der Waals surface area contributed by atoms with Crippen molar-refractivity contribution < 1.29 is 14.4 Å². The van der Waals surface area contributed by atoms with Gasteiger partial charge in [0.05, 0.1) is 28.2 Å². The van der Waals surface area contributed by atoms with E-state index < -0.39 is 11.1 Å². The molecule has 0 aliphatic carbocycles. The van der Waals surface area contributed by atoms with E-state index in [9.17, 15) is 10.1 Å². The fraction of sp³-hybridized carbons (Fsp3) is 0.114. The summed E-state index contributed by atoms with van der Waals surface area (Å²) in [6.07, 6.45) is 0.158. The Morgan fingerprint density at radius 2 is 0.713 bits per heavy atom. The van der Waals surface area contributed by atoms with Gasteiger partial charge in [-0.2, -0.15) is 10.2 Å². The quantitative estimate of drug-likeness (QED) is 0.0469. The number of non-ortho nitro benzene ring substituents is 1. The first-order chi connectivity index (χ1) is 39.0. The third-order valence-electron chi connectivity index (χ3n) is 14.4. The lowest BCUT2D eigenvalue weighted by molar-refractivity contribution is -0.384. The van der Waals surface area contributed by atoms with Gasteiger partial charge in [0.25, 0.3) is 5.69 Å². The molecular weight excluding hydrogens is 989 g/mol. The molecule has 0 atom stereocenters. The summed E-state index contributed by atoms with van der Waals surface area (Å²) in [6, 6.07) is 89.6. The molecule has 0 aliphatic rings. The first-order valence-corrected chi connectivity index (χ1v) is 26.9. The Bertz CT molecular complexity index is 3830. The normalized spacial score (nSPS) is 11.6. The number of anilines is 1. The lowest BCUT2D eigenvalue weighted by Crippen LogP contribution is -2.38. The first kappa shape index (κ1) is 52.0. The average Bonchev–Trinajstić information content (AvgIpc) is 4.24. The summed E-state index contributed by atoms with van der Waals surface area (Å²) in [6.45, 7) is 8.03. The third-order valence-corrected chi connectivity index (χ3v) is 14.4. The van der Waals surface area contributed by atoms with Gasteiger partial charge < -0.3 is 15.2 Å². The molecule has 0 radical (unpaired) electrons. The summed E-state index contributed by atoms with van der Waals surface area (Å²) in [4.78, 5) is 11.5. The Labute approximate surface area is 466 Å². The fourth-order valence-electron chi connectivity index (χ4n) is 11.0. The molecule has 0 aliphatic heterocycles. The molecule has 0 spiro atoms. The number of ether oxygens (including phenoxy) is 2. The summed E-state index contributed by atoms with van der Waals surface area (Å²) in [5.74, 6) is 1.59. The minimum absolute atomic E-state index is 0.0165. The van der Waals surface area contributed by atoms with Crippen molar-refractivity contribution in [3.8, 4) is 34.0 Å². The van der Waals surface area contributed by atoms with E-state index in [-0.39, 0.29) is 22.8 Å². The van der Waals surface area contributed by atoms with Crippen LogP contribution in [0.4, 0.5) is 11.4 Å². The van der Waals surface area contributed by atoms with Gasteiger partial charge >= 0.3 is 0 Å². The van der Waals surface area contributed by atoms with Crippen LogP contribution in [-0.2, 0) is 11.1 Å². The van der Waals surface area contributed by atoms with E-state index in [1.54, 1.807) is 12.1 Å². The van der Waals surface area contributed by atoms with E-state index >= 15 is 0 Å². The van der Waals surface area contributed by atoms with Gasteiger partial charge in [0, 0.05) is 39.7 Å². The molecule has 0 saturated carbocycles. The van der Waals surface area contributed by atoms with Crippen molar-refractivity contribution in [3.05, 3.63) is 310 Å². The monoisotopic (exact) mass is 1050 g/mol. The molecule has 10 aromatic carbocycles. The Morgan fingerprint density at radius 1 is 0.412 bits per heavy atom. The van der Waals surface area contributed by atoms with Crippen molar-refractivity contribution in [2.45, 2.75) is 51.0 Å². The van der Waals surface area contributed by atoms with Gasteiger partial charge in [0.15, 0.2) is 0 Å². The number of hydrogen-bond donors (Lipinski definition) is 1. The standard InChI is InChI=1S/C35H29N3O3.C35H31N3O/c1-25(2)41-31-21-18-26(19-22-31)34-32-24-30(38(39)40)20-23-33(32)37(36-34)35(27-12-6-3-7-13-27,28-14-8-4-9-15-28)29-16-10-5-11-17-29;1-25(2)39-31-21-18-26(19-22-31)34-32-24-30(36)20-23-33(32)38(37-34)35(27-12-6-3-7-13-27,28-14-8-4-9-15-28)29-16-10-5-11-17-29/h3-25H,1-2H3;3-25H,36H2,1-2H3. The summed E-state index contributed by atoms with van der Waals surface area (Å²) < 4.78 is 16.0. The number of nitrogens with zero attached hydrogens (tertiary/aromatic N) is 5. The molecular formula is C70H60N6O4. The van der Waals surface area contributed by atoms with E-state index in [4.69, 9.17) is 25.4 Å². The highest BCUT2D eigenvalue weighted by atomic mass is 16.6. The average molecular weight is 1050 g/mol. The maximum Gasteiger partial charge on any atom is 0.270 e. The number of nitrogens with two attached hydrogens (primary N) is 1. The number of rotatable bonds is 15. The van der Waals surface area contributed by atoms with Crippen LogP contribution in [0.5, 0.6) is 11.5 Å². The molecule has 12 rings (SSSR count). The molecule has 2 aromatic heterocycles. The van der Waals surface area contributed by atoms with E-state index in [0.29, 0.717) is 16.8 Å². The zero-order valence-electron chi connectivity index (χ0n) is 45.0. The van der Waals surface area contributed by atoms with Gasteiger partial charge in [-0.1, -0.05) is 182 Å². The SMILES string of the molecule is CC(C)Oc1ccc(-c2nn(C(c3ccccc3)(c3ccccc3)c3ccccc3)c3ccc(N)cc23)cc1.CC(C)Oc1ccc(-c2nn(C(c3ccccc3)(c3ccccc3)c3ccccc3)c3ccc([N+](=O)[O-])cc23)cc1. The van der Waals surface area contributed by atoms with Gasteiger partial charge in [-0.05, 0) is 134 Å². The zero-order chi connectivity index (χ0) is 55.2. The number of nitro benzene ring substituents is 1. The largest absolute Gasteiger partial charge is 0.491 e. The highest BCUT2D eigenvalue weighted by molar-refractivity contribution is 5.97. The molecule has 0 unspecified atom stereocenters. The van der Waals surface area contributed by atoms with Crippen LogP contribution in [0.1, 0.15) is 61.1 Å². The van der Waals surface area contributed by atoms with Gasteiger partial charge in [0.1, 0.15) is 34.0 Å². The second-order valence-electron chi connectivity index (χ2n) is 20.3. The highest BCUT2D eigenvalue weighted by Gasteiger charge is 2.43. The van der Waals surface area contributed by atoms with Crippen molar-refractivity contribution >= 4 is 33.2 Å². The van der Waals surface area contributed by atoms with Crippen LogP contribution < -0.4 is 15.2 Å².